The highest BCUT2D eigenvalue weighted by molar-refractivity contribution is 5.99. The molecule has 0 bridgehead atoms. The summed E-state index contributed by atoms with van der Waals surface area (Å²) in [5.74, 6) is -2.93. The minimum absolute atomic E-state index is 0.0271. The van der Waals surface area contributed by atoms with Gasteiger partial charge in [-0.1, -0.05) is 194 Å². The molecule has 1 aliphatic carbocycles. The summed E-state index contributed by atoms with van der Waals surface area (Å²) in [6, 6.07) is 61.1. The Morgan fingerprint density at radius 1 is 0.578 bits per heavy atom. The average Bonchev–Trinajstić information content (AvgIpc) is 1.45. The largest absolute Gasteiger partial charge is 0.514 e. The molecule has 0 aliphatic heterocycles. The third-order valence-electron chi connectivity index (χ3n) is 15.5. The third-order valence-corrected chi connectivity index (χ3v) is 15.5. The van der Waals surface area contributed by atoms with Gasteiger partial charge in [-0.25, -0.2) is 9.59 Å². The van der Waals surface area contributed by atoms with E-state index in [-0.39, 0.29) is 62.9 Å². The number of esters is 1. The number of ether oxygens (including phenoxy) is 4. The summed E-state index contributed by atoms with van der Waals surface area (Å²) in [5.41, 5.74) is 8.87. The Hall–Kier alpha value is -10.7. The lowest BCUT2D eigenvalue weighted by Gasteiger charge is -2.37. The number of rotatable bonds is 29. The number of alkyl carbamates (subject to hydrolysis) is 1. The van der Waals surface area contributed by atoms with Crippen molar-refractivity contribution in [3.05, 3.63) is 280 Å². The van der Waals surface area contributed by atoms with Gasteiger partial charge in [-0.05, 0) is 113 Å². The summed E-state index contributed by atoms with van der Waals surface area (Å²) in [6.07, 6.45) is 0.0700. The molecule has 3 unspecified atom stereocenters. The maximum absolute atomic E-state index is 15.0. The number of nitro benzene ring substituents is 1. The average molecular weight is 1210 g/mol. The van der Waals surface area contributed by atoms with Gasteiger partial charge in [0.2, 0.25) is 17.7 Å². The second kappa shape index (κ2) is 31.3. The zero-order valence-electron chi connectivity index (χ0n) is 49.7. The van der Waals surface area contributed by atoms with Crippen molar-refractivity contribution in [1.29, 1.82) is 0 Å². The van der Waals surface area contributed by atoms with Gasteiger partial charge in [0.05, 0.1) is 10.5 Å². The number of carbonyl (C=O) groups is 6. The second-order valence-corrected chi connectivity index (χ2v) is 21.7. The zero-order valence-corrected chi connectivity index (χ0v) is 49.7. The molecule has 0 heterocycles. The number of hydrogen-bond acceptors (Lipinski definition) is 13. The van der Waals surface area contributed by atoms with Crippen LogP contribution in [-0.4, -0.2) is 78.7 Å². The fourth-order valence-corrected chi connectivity index (χ4v) is 11.0. The van der Waals surface area contributed by atoms with E-state index in [0.717, 1.165) is 44.5 Å². The maximum Gasteiger partial charge on any atom is 0.514 e. The fraction of sp³-hybridized carbons (Fsp3) is 0.222. The molecular weight excluding hydrogens is 1140 g/mol. The van der Waals surface area contributed by atoms with Crippen LogP contribution in [0.3, 0.4) is 0 Å². The van der Waals surface area contributed by atoms with Gasteiger partial charge in [0.15, 0.2) is 0 Å². The predicted octanol–water partition coefficient (Wildman–Crippen LogP) is 11.9. The zero-order chi connectivity index (χ0) is 63.2. The van der Waals surface area contributed by atoms with Crippen molar-refractivity contribution >= 4 is 47.3 Å². The molecule has 0 radical (unpaired) electrons. The SMILES string of the molecule is C=CCOC(=O)CCC(NC(=O)OCC1c2ccccc2-c2ccccc21)C(=O)NC(Cc1ccccc1)C(=O)NC(CCCCNC(c1ccccc1)(c1ccccc1)c1ccc(C)cc1)C(=O)Nc1ccc(COC(=O)Oc2ccc([N+](=O)[O-])cc2)cc1. The Bertz CT molecular complexity index is 3670. The minimum Gasteiger partial charge on any atom is -0.461 e. The number of fused-ring (bicyclic) bond motifs is 3. The van der Waals surface area contributed by atoms with E-state index in [4.69, 9.17) is 18.9 Å². The molecular formula is C72H70N6O12. The summed E-state index contributed by atoms with van der Waals surface area (Å²) in [7, 11) is 0. The molecule has 1 aliphatic rings. The van der Waals surface area contributed by atoms with Crippen LogP contribution in [0.25, 0.3) is 11.1 Å². The number of non-ortho nitro benzene ring substituents is 1. The summed E-state index contributed by atoms with van der Waals surface area (Å²) < 4.78 is 21.5. The van der Waals surface area contributed by atoms with E-state index in [1.165, 1.54) is 30.3 Å². The molecule has 9 rings (SSSR count). The van der Waals surface area contributed by atoms with Crippen LogP contribution in [-0.2, 0) is 52.0 Å². The molecule has 0 fully saturated rings. The molecule has 4 amide bonds. The summed E-state index contributed by atoms with van der Waals surface area (Å²) in [6.45, 7) is 5.80. The Morgan fingerprint density at radius 3 is 1.74 bits per heavy atom. The first kappa shape index (κ1) is 63.8. The van der Waals surface area contributed by atoms with E-state index in [9.17, 15) is 38.9 Å². The number of hydrogen-bond donors (Lipinski definition) is 5. The lowest BCUT2D eigenvalue weighted by molar-refractivity contribution is -0.384. The molecule has 90 heavy (non-hydrogen) atoms. The molecule has 5 N–H and O–H groups in total. The van der Waals surface area contributed by atoms with Crippen LogP contribution >= 0.6 is 0 Å². The van der Waals surface area contributed by atoms with Crippen molar-refractivity contribution in [2.45, 2.75) is 81.6 Å². The van der Waals surface area contributed by atoms with Crippen LogP contribution in [0.2, 0.25) is 0 Å². The van der Waals surface area contributed by atoms with Crippen LogP contribution in [0, 0.1) is 17.0 Å². The van der Waals surface area contributed by atoms with Crippen LogP contribution in [0.1, 0.15) is 82.5 Å². The van der Waals surface area contributed by atoms with Gasteiger partial charge >= 0.3 is 18.2 Å². The number of anilines is 1. The van der Waals surface area contributed by atoms with Crippen LogP contribution < -0.4 is 31.3 Å². The standard InChI is InChI=1S/C72H70N6O12/c1-3-45-87-66(79)43-42-64(77-70(83)88-48-62-60-27-15-13-25-58(60)59-26-14-16-28-61(59)62)68(81)76-65(46-50-19-7-4-8-20-50)69(82)75-63(67(80)74-55-36-32-51(33-37-55)47-89-71(84)90-57-40-38-56(39-41-57)78(85)86)29-17-18-44-73-72(52-21-9-5-10-22-52,53-23-11-6-12-24-53)54-34-30-49(2)31-35-54/h3-16,19-28,30-41,62-65,73H,1,17-18,29,42-48H2,2H3,(H,74,80)(H,75,82)(H,76,81)(H,77,83). The van der Waals surface area contributed by atoms with Gasteiger partial charge in [-0.15, -0.1) is 0 Å². The number of aryl methyl sites for hydroxylation is 1. The molecule has 8 aromatic carbocycles. The number of benzene rings is 8. The summed E-state index contributed by atoms with van der Waals surface area (Å²) in [4.78, 5) is 94.0. The van der Waals surface area contributed by atoms with Crippen LogP contribution in [0.4, 0.5) is 21.0 Å². The number of unbranched alkanes of at least 4 members (excludes halogenated alkanes) is 1. The topological polar surface area (TPSA) is 243 Å². The van der Waals surface area contributed by atoms with E-state index in [1.54, 1.807) is 48.5 Å². The van der Waals surface area contributed by atoms with Gasteiger partial charge in [-0.3, -0.25) is 34.6 Å². The normalized spacial score (nSPS) is 12.5. The molecule has 460 valence electrons. The quantitative estimate of drug-likeness (QED) is 0.00429. The molecule has 3 atom stereocenters. The Balaban J connectivity index is 0.930. The first-order chi connectivity index (χ1) is 43.8. The van der Waals surface area contributed by atoms with Gasteiger partial charge in [0, 0.05) is 36.6 Å². The highest BCUT2D eigenvalue weighted by Gasteiger charge is 2.37. The number of nitrogens with one attached hydrogen (secondary N) is 5. The van der Waals surface area contributed by atoms with Crippen molar-refractivity contribution in [3.8, 4) is 16.9 Å². The van der Waals surface area contributed by atoms with Crippen molar-refractivity contribution in [3.63, 3.8) is 0 Å². The molecule has 0 saturated heterocycles. The number of amides is 4. The van der Waals surface area contributed by atoms with E-state index in [1.807, 2.05) is 97.9 Å². The summed E-state index contributed by atoms with van der Waals surface area (Å²) >= 11 is 0. The molecule has 18 nitrogen and oxygen atoms in total. The van der Waals surface area contributed by atoms with Crippen LogP contribution in [0.15, 0.2) is 225 Å². The monoisotopic (exact) mass is 1210 g/mol. The Labute approximate surface area is 522 Å². The first-order valence-electron chi connectivity index (χ1n) is 29.7. The highest BCUT2D eigenvalue weighted by atomic mass is 16.7. The molecule has 0 spiro atoms. The smallest absolute Gasteiger partial charge is 0.461 e. The van der Waals surface area contributed by atoms with E-state index >= 15 is 0 Å². The minimum atomic E-state index is -1.39. The maximum atomic E-state index is 15.0. The van der Waals surface area contributed by atoms with E-state index in [0.29, 0.717) is 36.2 Å². The van der Waals surface area contributed by atoms with Crippen LogP contribution in [0.5, 0.6) is 5.75 Å². The molecule has 0 saturated carbocycles. The highest BCUT2D eigenvalue weighted by Crippen LogP contribution is 2.44. The van der Waals surface area contributed by atoms with Crippen molar-refractivity contribution < 1.29 is 52.6 Å². The van der Waals surface area contributed by atoms with Crippen molar-refractivity contribution in [2.24, 2.45) is 0 Å². The predicted molar refractivity (Wildman–Crippen MR) is 341 cm³/mol. The Kier molecular flexibility index (Phi) is 22.2. The number of nitro groups is 1. The second-order valence-electron chi connectivity index (χ2n) is 21.7. The molecule has 0 aromatic heterocycles. The number of nitrogens with zero attached hydrogens (tertiary/aromatic N) is 1. The first-order valence-corrected chi connectivity index (χ1v) is 29.7. The van der Waals surface area contributed by atoms with Crippen molar-refractivity contribution in [2.75, 3.05) is 25.1 Å². The third kappa shape index (κ3) is 16.9. The lowest BCUT2D eigenvalue weighted by Crippen LogP contribution is -2.57. The fourth-order valence-electron chi connectivity index (χ4n) is 11.0. The lowest BCUT2D eigenvalue weighted by atomic mass is 9.76. The van der Waals surface area contributed by atoms with Gasteiger partial charge in [-0.2, -0.15) is 0 Å². The van der Waals surface area contributed by atoms with Gasteiger partial charge in [0.1, 0.15) is 43.7 Å². The van der Waals surface area contributed by atoms with E-state index in [2.05, 4.69) is 81.7 Å². The molecule has 8 aromatic rings. The van der Waals surface area contributed by atoms with Gasteiger partial charge in [0.25, 0.3) is 5.69 Å². The van der Waals surface area contributed by atoms with Crippen molar-refractivity contribution in [1.82, 2.24) is 21.3 Å². The molecule has 18 heteroatoms. The van der Waals surface area contributed by atoms with E-state index < -0.39 is 64.5 Å². The Morgan fingerprint density at radius 2 is 1.13 bits per heavy atom. The number of carbonyl (C=O) groups excluding carboxylic acids is 6. The van der Waals surface area contributed by atoms with Gasteiger partial charge < -0.3 is 40.2 Å². The summed E-state index contributed by atoms with van der Waals surface area (Å²) in [5, 5.41) is 26.3.